The first-order valence-corrected chi connectivity index (χ1v) is 7.45. The first kappa shape index (κ1) is 11.3. The van der Waals surface area contributed by atoms with Gasteiger partial charge in [0, 0.05) is 6.42 Å². The molecule has 12 heavy (non-hydrogen) atoms. The van der Waals surface area contributed by atoms with Crippen LogP contribution in [0, 0.1) is 12.3 Å². The minimum atomic E-state index is -1.49. The Balaban J connectivity index is 4.63. The van der Waals surface area contributed by atoms with E-state index in [2.05, 4.69) is 37.9 Å². The van der Waals surface area contributed by atoms with Gasteiger partial charge in [-0.1, -0.05) is 26.2 Å². The first-order valence-electron chi connectivity index (χ1n) is 3.95. The van der Waals surface area contributed by atoms with Crippen LogP contribution in [0.1, 0.15) is 6.42 Å². The van der Waals surface area contributed by atoms with E-state index < -0.39 is 14.2 Å². The summed E-state index contributed by atoms with van der Waals surface area (Å²) in [4.78, 5) is 0. The van der Waals surface area contributed by atoms with E-state index in [1.54, 1.807) is 0 Å². The molecule has 66 valence electrons. The molecule has 0 saturated heterocycles. The van der Waals surface area contributed by atoms with Crippen molar-refractivity contribution in [3.8, 4) is 12.3 Å². The Morgan fingerprint density at radius 1 is 1.58 bits per heavy atom. The van der Waals surface area contributed by atoms with Crippen molar-refractivity contribution in [3.63, 3.8) is 0 Å². The zero-order valence-electron chi connectivity index (χ0n) is 8.02. The largest absolute Gasteiger partial charge is 0.388 e. The van der Waals surface area contributed by atoms with Crippen LogP contribution in [0.15, 0.2) is 17.5 Å². The molecule has 0 aliphatic heterocycles. The fourth-order valence-corrected chi connectivity index (χ4v) is 2.73. The molecule has 1 unspecified atom stereocenters. The molecule has 0 aromatic heterocycles. The highest BCUT2D eigenvalue weighted by Crippen LogP contribution is 2.18. The highest BCUT2D eigenvalue weighted by molar-refractivity contribution is 6.83. The zero-order valence-corrected chi connectivity index (χ0v) is 9.02. The normalized spacial score (nSPS) is 12.9. The van der Waals surface area contributed by atoms with Crippen LogP contribution in [0.4, 0.5) is 0 Å². The van der Waals surface area contributed by atoms with Crippen molar-refractivity contribution in [3.05, 3.63) is 17.5 Å². The molecular weight excluding hydrogens is 164 g/mol. The molecule has 0 aromatic rings. The van der Waals surface area contributed by atoms with Gasteiger partial charge in [0.05, 0.1) is 14.2 Å². The Morgan fingerprint density at radius 3 is 2.33 bits per heavy atom. The second-order valence-electron chi connectivity index (χ2n) is 3.76. The minimum Gasteiger partial charge on any atom is -0.388 e. The lowest BCUT2D eigenvalue weighted by molar-refractivity contribution is 0.223. The summed E-state index contributed by atoms with van der Waals surface area (Å²) in [7, 11) is -1.49. The van der Waals surface area contributed by atoms with Gasteiger partial charge in [-0.25, -0.2) is 0 Å². The smallest absolute Gasteiger partial charge is 0.0895 e. The Kier molecular flexibility index (Phi) is 4.06. The van der Waals surface area contributed by atoms with E-state index in [1.165, 1.54) is 0 Å². The minimum absolute atomic E-state index is 0.363. The molecule has 0 aromatic carbocycles. The van der Waals surface area contributed by atoms with Crippen LogP contribution < -0.4 is 0 Å². The van der Waals surface area contributed by atoms with E-state index in [0.717, 1.165) is 5.20 Å². The van der Waals surface area contributed by atoms with Crippen molar-refractivity contribution in [1.29, 1.82) is 0 Å². The van der Waals surface area contributed by atoms with Gasteiger partial charge in [0.1, 0.15) is 0 Å². The summed E-state index contributed by atoms with van der Waals surface area (Å²) >= 11 is 0. The highest BCUT2D eigenvalue weighted by atomic mass is 28.3. The van der Waals surface area contributed by atoms with Crippen LogP contribution in [0.3, 0.4) is 0 Å². The maximum atomic E-state index is 9.60. The molecule has 0 spiro atoms. The monoisotopic (exact) mass is 180 g/mol. The van der Waals surface area contributed by atoms with Gasteiger partial charge >= 0.3 is 0 Å². The Labute approximate surface area is 75.8 Å². The lowest BCUT2D eigenvalue weighted by Crippen LogP contribution is -2.31. The van der Waals surface area contributed by atoms with Crippen LogP contribution in [0.2, 0.25) is 19.6 Å². The number of aliphatic hydroxyl groups excluding tert-OH is 1. The van der Waals surface area contributed by atoms with Gasteiger partial charge in [-0.3, -0.25) is 0 Å². The summed E-state index contributed by atoms with van der Waals surface area (Å²) in [5, 5.41) is 10.5. The van der Waals surface area contributed by atoms with Gasteiger partial charge in [0.25, 0.3) is 0 Å². The van der Waals surface area contributed by atoms with Gasteiger partial charge in [-0.15, -0.1) is 18.1 Å². The van der Waals surface area contributed by atoms with E-state index >= 15 is 0 Å². The maximum absolute atomic E-state index is 9.60. The number of rotatable bonds is 3. The third-order valence-corrected chi connectivity index (χ3v) is 3.77. The average Bonchev–Trinajstić information content (AvgIpc) is 1.85. The van der Waals surface area contributed by atoms with Crippen molar-refractivity contribution in [2.45, 2.75) is 32.2 Å². The summed E-state index contributed by atoms with van der Waals surface area (Å²) in [6.07, 6.45) is 4.93. The number of hydrogen-bond acceptors (Lipinski definition) is 1. The molecule has 0 bridgehead atoms. The van der Waals surface area contributed by atoms with Gasteiger partial charge in [0.15, 0.2) is 0 Å². The fraction of sp³-hybridized carbons (Fsp3) is 0.500. The van der Waals surface area contributed by atoms with Crippen molar-refractivity contribution in [2.75, 3.05) is 0 Å². The average molecular weight is 180 g/mol. The summed E-state index contributed by atoms with van der Waals surface area (Å²) < 4.78 is 0. The van der Waals surface area contributed by atoms with Crippen LogP contribution in [-0.4, -0.2) is 19.3 Å². The Bertz CT molecular complexity index is 236. The topological polar surface area (TPSA) is 20.2 Å². The summed E-state index contributed by atoms with van der Waals surface area (Å²) in [6, 6.07) is 0. The van der Waals surface area contributed by atoms with E-state index in [0.29, 0.717) is 6.42 Å². The Hall–Kier alpha value is -0.743. The van der Waals surface area contributed by atoms with Crippen molar-refractivity contribution < 1.29 is 5.11 Å². The molecule has 2 heteroatoms. The van der Waals surface area contributed by atoms with Gasteiger partial charge in [-0.05, 0) is 5.20 Å². The predicted octanol–water partition coefficient (Wildman–Crippen LogP) is 1.96. The molecule has 1 N–H and O–H groups in total. The van der Waals surface area contributed by atoms with Crippen LogP contribution >= 0.6 is 0 Å². The molecule has 0 rings (SSSR count). The lowest BCUT2D eigenvalue weighted by Gasteiger charge is -2.22. The molecular formula is C10H16OSi. The molecule has 0 aliphatic carbocycles. The SMILES string of the molecule is C#CCC(O)C(=C=C)[Si](C)(C)C. The standard InChI is InChI=1S/C10H16OSi/c1-6-8-9(11)10(7-2)12(3,4)5/h1,9,11H,2,8H2,3-5H3. The lowest BCUT2D eigenvalue weighted by atomic mass is 10.2. The Morgan fingerprint density at radius 2 is 2.08 bits per heavy atom. The highest BCUT2D eigenvalue weighted by Gasteiger charge is 2.24. The van der Waals surface area contributed by atoms with Crippen LogP contribution in [0.25, 0.3) is 0 Å². The molecule has 0 saturated carbocycles. The quantitative estimate of drug-likeness (QED) is 0.400. The molecule has 0 radical (unpaired) electrons. The van der Waals surface area contributed by atoms with Crippen LogP contribution in [0.5, 0.6) is 0 Å². The van der Waals surface area contributed by atoms with Gasteiger partial charge in [0.2, 0.25) is 0 Å². The molecule has 0 fully saturated rings. The third-order valence-electron chi connectivity index (χ3n) is 1.64. The molecule has 0 aliphatic rings. The number of hydrogen-bond donors (Lipinski definition) is 1. The summed E-state index contributed by atoms with van der Waals surface area (Å²) in [5.74, 6) is 2.44. The van der Waals surface area contributed by atoms with E-state index in [4.69, 9.17) is 6.42 Å². The third kappa shape index (κ3) is 3.10. The van der Waals surface area contributed by atoms with Gasteiger partial charge < -0.3 is 5.11 Å². The van der Waals surface area contributed by atoms with Gasteiger partial charge in [-0.2, -0.15) is 0 Å². The van der Waals surface area contributed by atoms with Crippen molar-refractivity contribution >= 4 is 8.07 Å². The summed E-state index contributed by atoms with van der Waals surface area (Å²) in [5.41, 5.74) is 2.81. The predicted molar refractivity (Wildman–Crippen MR) is 55.5 cm³/mol. The van der Waals surface area contributed by atoms with Crippen molar-refractivity contribution in [1.82, 2.24) is 0 Å². The fourth-order valence-electron chi connectivity index (χ4n) is 1.10. The van der Waals surface area contributed by atoms with E-state index in [1.807, 2.05) is 0 Å². The first-order chi connectivity index (χ1) is 5.43. The maximum Gasteiger partial charge on any atom is 0.0895 e. The van der Waals surface area contributed by atoms with Crippen LogP contribution in [-0.2, 0) is 0 Å². The molecule has 0 heterocycles. The second kappa shape index (κ2) is 4.32. The number of terminal acetylenes is 1. The van der Waals surface area contributed by atoms with Crippen molar-refractivity contribution in [2.24, 2.45) is 0 Å². The summed E-state index contributed by atoms with van der Waals surface area (Å²) in [6.45, 7) is 9.99. The van der Waals surface area contributed by atoms with E-state index in [9.17, 15) is 5.11 Å². The molecule has 1 nitrogen and oxygen atoms in total. The molecule has 1 atom stereocenters. The zero-order chi connectivity index (χ0) is 9.78. The van der Waals surface area contributed by atoms with E-state index in [-0.39, 0.29) is 0 Å². The molecule has 0 amide bonds. The second-order valence-corrected chi connectivity index (χ2v) is 8.80. The number of aliphatic hydroxyl groups is 1.